The van der Waals surface area contributed by atoms with E-state index < -0.39 is 64.7 Å². The first-order valence-corrected chi connectivity index (χ1v) is 13.5. The number of rotatable bonds is 7. The number of halogens is 3. The molecule has 5 rings (SSSR count). The van der Waals surface area contributed by atoms with E-state index in [1.54, 1.807) is 4.90 Å². The molecule has 0 saturated carbocycles. The molecule has 1 amide bonds. The predicted octanol–water partition coefficient (Wildman–Crippen LogP) is 0.218. The summed E-state index contributed by atoms with van der Waals surface area (Å²) >= 11 is 0.900. The maximum Gasteiger partial charge on any atom is 0.238 e. The maximum absolute atomic E-state index is 13.8. The lowest BCUT2D eigenvalue weighted by Gasteiger charge is -2.46. The van der Waals surface area contributed by atoms with Crippen LogP contribution in [-0.2, 0) is 14.3 Å². The average molecular weight is 575 g/mol. The molecule has 11 nitrogen and oxygen atoms in total. The van der Waals surface area contributed by atoms with Crippen LogP contribution in [0.15, 0.2) is 18.3 Å². The fourth-order valence-corrected chi connectivity index (χ4v) is 6.54. The van der Waals surface area contributed by atoms with Crippen molar-refractivity contribution in [2.24, 2.45) is 0 Å². The Morgan fingerprint density at radius 2 is 1.82 bits per heavy atom. The molecule has 214 valence electrons. The van der Waals surface area contributed by atoms with Gasteiger partial charge in [-0.15, -0.1) is 16.9 Å². The molecule has 3 saturated heterocycles. The van der Waals surface area contributed by atoms with Crippen molar-refractivity contribution in [3.05, 3.63) is 35.8 Å². The van der Waals surface area contributed by atoms with E-state index in [1.807, 2.05) is 0 Å². The molecule has 39 heavy (non-hydrogen) atoms. The topological polar surface area (TPSA) is 150 Å². The van der Waals surface area contributed by atoms with E-state index in [0.717, 1.165) is 35.0 Å². The summed E-state index contributed by atoms with van der Waals surface area (Å²) in [5.74, 6) is -4.79. The number of aliphatic hydroxyl groups is 4. The first kappa shape index (κ1) is 28.3. The Kier molecular flexibility index (Phi) is 8.20. The molecule has 2 aromatic rings. The summed E-state index contributed by atoms with van der Waals surface area (Å²) in [6.45, 7) is 0.955. The number of ether oxygens (including phenoxy) is 2. The van der Waals surface area contributed by atoms with Gasteiger partial charge in [0.1, 0.15) is 40.7 Å². The minimum Gasteiger partial charge on any atom is -0.394 e. The summed E-state index contributed by atoms with van der Waals surface area (Å²) in [7, 11) is 0. The minimum absolute atomic E-state index is 0.0641. The molecule has 15 heteroatoms. The van der Waals surface area contributed by atoms with E-state index in [0.29, 0.717) is 13.1 Å². The summed E-state index contributed by atoms with van der Waals surface area (Å²) in [6.07, 6.45) is -1.77. The van der Waals surface area contributed by atoms with Gasteiger partial charge in [-0.05, 0) is 18.6 Å². The Morgan fingerprint density at radius 1 is 1.15 bits per heavy atom. The zero-order chi connectivity index (χ0) is 27.9. The van der Waals surface area contributed by atoms with Crippen LogP contribution in [0.3, 0.4) is 0 Å². The number of nitrogens with zero attached hydrogens (tertiary/aromatic N) is 4. The molecule has 1 aromatic carbocycles. The van der Waals surface area contributed by atoms with E-state index in [-0.39, 0.29) is 43.2 Å². The van der Waals surface area contributed by atoms with Crippen LogP contribution in [0.5, 0.6) is 0 Å². The second kappa shape index (κ2) is 11.3. The monoisotopic (exact) mass is 574 g/mol. The lowest BCUT2D eigenvalue weighted by atomic mass is 9.89. The van der Waals surface area contributed by atoms with Crippen LogP contribution in [0, 0.1) is 17.5 Å². The van der Waals surface area contributed by atoms with Gasteiger partial charge >= 0.3 is 0 Å². The van der Waals surface area contributed by atoms with Gasteiger partial charge in [0.2, 0.25) is 5.91 Å². The quantitative estimate of drug-likeness (QED) is 0.338. The fourth-order valence-electron chi connectivity index (χ4n) is 4.99. The Hall–Kier alpha value is -2.27. The highest BCUT2D eigenvalue weighted by Gasteiger charge is 2.52. The molecule has 3 aliphatic rings. The van der Waals surface area contributed by atoms with E-state index in [2.05, 4.69) is 10.3 Å². The molecule has 0 aliphatic carbocycles. The van der Waals surface area contributed by atoms with Gasteiger partial charge in [-0.1, -0.05) is 5.21 Å². The Labute approximate surface area is 225 Å². The van der Waals surface area contributed by atoms with E-state index in [1.165, 1.54) is 6.20 Å². The summed E-state index contributed by atoms with van der Waals surface area (Å²) < 4.78 is 53.1. The van der Waals surface area contributed by atoms with Gasteiger partial charge in [-0.3, -0.25) is 4.79 Å². The summed E-state index contributed by atoms with van der Waals surface area (Å²) in [5, 5.41) is 50.3. The van der Waals surface area contributed by atoms with Gasteiger partial charge in [0.05, 0.1) is 18.4 Å². The number of likely N-dealkylation sites (tertiary alicyclic amines) is 1. The van der Waals surface area contributed by atoms with Crippen LogP contribution in [-0.4, -0.2) is 114 Å². The van der Waals surface area contributed by atoms with Gasteiger partial charge in [0, 0.05) is 44.7 Å². The van der Waals surface area contributed by atoms with Gasteiger partial charge in [0.25, 0.3) is 0 Å². The lowest BCUT2D eigenvalue weighted by Crippen LogP contribution is -2.59. The van der Waals surface area contributed by atoms with Gasteiger partial charge in [-0.25, -0.2) is 17.9 Å². The zero-order valence-electron chi connectivity index (χ0n) is 20.7. The molecule has 3 fully saturated rings. The Balaban J connectivity index is 1.43. The zero-order valence-corrected chi connectivity index (χ0v) is 21.5. The predicted molar refractivity (Wildman–Crippen MR) is 130 cm³/mol. The molecule has 0 spiro atoms. The third-order valence-electron chi connectivity index (χ3n) is 7.45. The number of aromatic nitrogens is 3. The van der Waals surface area contributed by atoms with Crippen molar-refractivity contribution < 1.29 is 47.9 Å². The second-order valence-electron chi connectivity index (χ2n) is 9.95. The highest BCUT2D eigenvalue weighted by molar-refractivity contribution is 8.01. The molecule has 3 aliphatic heterocycles. The van der Waals surface area contributed by atoms with Crippen LogP contribution < -0.4 is 0 Å². The van der Waals surface area contributed by atoms with Crippen molar-refractivity contribution in [2.75, 3.05) is 32.9 Å². The molecule has 1 aromatic heterocycles. The highest BCUT2D eigenvalue weighted by Crippen LogP contribution is 2.42. The van der Waals surface area contributed by atoms with Crippen molar-refractivity contribution in [1.29, 1.82) is 0 Å². The van der Waals surface area contributed by atoms with Crippen LogP contribution in [0.1, 0.15) is 25.3 Å². The molecule has 6 atom stereocenters. The molecule has 4 heterocycles. The number of carbonyl (C=O) groups is 1. The maximum atomic E-state index is 13.8. The molecular formula is C24H29F3N4O7S. The van der Waals surface area contributed by atoms with Crippen molar-refractivity contribution in [3.8, 4) is 11.3 Å². The van der Waals surface area contributed by atoms with Crippen molar-refractivity contribution in [3.63, 3.8) is 0 Å². The fraction of sp³-hybridized carbons (Fsp3) is 0.625. The molecule has 0 bridgehead atoms. The largest absolute Gasteiger partial charge is 0.394 e. The Bertz CT molecular complexity index is 1170. The number of benzene rings is 1. The van der Waals surface area contributed by atoms with E-state index >= 15 is 0 Å². The summed E-state index contributed by atoms with van der Waals surface area (Å²) in [4.78, 5) is 15.0. The average Bonchev–Trinajstić information content (AvgIpc) is 3.35. The number of thioether (sulfide) groups is 1. The first-order chi connectivity index (χ1) is 18.6. The number of aliphatic hydroxyl groups excluding tert-OH is 3. The third kappa shape index (κ3) is 5.40. The van der Waals surface area contributed by atoms with Crippen LogP contribution in [0.25, 0.3) is 11.3 Å². The number of hydrogen-bond acceptors (Lipinski definition) is 10. The van der Waals surface area contributed by atoms with E-state index in [9.17, 15) is 38.4 Å². The summed E-state index contributed by atoms with van der Waals surface area (Å²) in [6, 6.07) is 0.215. The van der Waals surface area contributed by atoms with Crippen molar-refractivity contribution >= 4 is 17.7 Å². The van der Waals surface area contributed by atoms with Crippen LogP contribution >= 0.6 is 11.8 Å². The van der Waals surface area contributed by atoms with Gasteiger partial charge in [0.15, 0.2) is 17.5 Å². The van der Waals surface area contributed by atoms with Gasteiger partial charge in [-0.2, -0.15) is 0 Å². The highest BCUT2D eigenvalue weighted by atomic mass is 32.2. The minimum atomic E-state index is -1.64. The summed E-state index contributed by atoms with van der Waals surface area (Å²) in [5.41, 5.74) is -2.81. The molecule has 0 unspecified atom stereocenters. The molecular weight excluding hydrogens is 545 g/mol. The van der Waals surface area contributed by atoms with Crippen LogP contribution in [0.2, 0.25) is 0 Å². The SMILES string of the molecule is O=C([C@@H](S[C@@H]1O[C@H](CO)[C@H](O)[C@H](n2cc(-c3cc(F)c(F)c(F)c3)nn2)[C@H]1O)C1(O)CCOCC1)N1CCC1. The molecule has 0 radical (unpaired) electrons. The number of carbonyl (C=O) groups excluding carboxylic acids is 1. The second-order valence-corrected chi connectivity index (χ2v) is 11.2. The van der Waals surface area contributed by atoms with Crippen molar-refractivity contribution in [2.45, 2.75) is 59.9 Å². The number of amides is 1. The van der Waals surface area contributed by atoms with Crippen LogP contribution in [0.4, 0.5) is 13.2 Å². The smallest absolute Gasteiger partial charge is 0.238 e. The molecule has 4 N–H and O–H groups in total. The third-order valence-corrected chi connectivity index (χ3v) is 9.02. The standard InChI is InChI=1S/C24H29F3N4O7S/c25-13-8-12(9-14(26)17(13)27)15-10-31(29-28-15)18-19(33)16(11-32)38-23(20(18)34)39-21(22(35)30-4-1-5-30)24(36)2-6-37-7-3-24/h8-10,16,18-21,23,32-34,36H,1-7,11H2/t16-,18+,19+,20-,21-,23+/m1/s1. The van der Waals surface area contributed by atoms with Crippen molar-refractivity contribution in [1.82, 2.24) is 19.9 Å². The Morgan fingerprint density at radius 3 is 2.41 bits per heavy atom. The van der Waals surface area contributed by atoms with E-state index in [4.69, 9.17) is 9.47 Å². The first-order valence-electron chi connectivity index (χ1n) is 12.6. The lowest BCUT2D eigenvalue weighted by molar-refractivity contribution is -0.179. The normalized spacial score (nSPS) is 29.6. The van der Waals surface area contributed by atoms with Gasteiger partial charge < -0.3 is 34.8 Å². The number of hydrogen-bond donors (Lipinski definition) is 4.